The molecule has 0 fully saturated rings. The summed E-state index contributed by atoms with van der Waals surface area (Å²) in [6.07, 6.45) is 0. The Morgan fingerprint density at radius 3 is 2.47 bits per heavy atom. The van der Waals surface area contributed by atoms with Gasteiger partial charge >= 0.3 is 5.97 Å². The fourth-order valence-electron chi connectivity index (χ4n) is 1.66. The molecule has 0 bridgehead atoms. The van der Waals surface area contributed by atoms with Gasteiger partial charge in [-0.05, 0) is 11.4 Å². The lowest BCUT2D eigenvalue weighted by molar-refractivity contribution is -0.146. The Balaban J connectivity index is 2.57. The average Bonchev–Trinajstić information content (AvgIpc) is 2.88. The second-order valence-corrected chi connectivity index (χ2v) is 6.44. The van der Waals surface area contributed by atoms with E-state index in [1.165, 1.54) is 4.88 Å². The van der Waals surface area contributed by atoms with E-state index in [0.717, 1.165) is 0 Å². The molecule has 1 amide bonds. The highest BCUT2D eigenvalue weighted by Gasteiger charge is 2.28. The van der Waals surface area contributed by atoms with Crippen LogP contribution >= 0.6 is 11.3 Å². The Morgan fingerprint density at radius 2 is 2.00 bits per heavy atom. The Bertz CT molecular complexity index is 440. The summed E-state index contributed by atoms with van der Waals surface area (Å²) < 4.78 is 0. The van der Waals surface area contributed by atoms with E-state index >= 15 is 0 Å². The van der Waals surface area contributed by atoms with Crippen molar-refractivity contribution >= 4 is 23.2 Å². The molecular weight excluding hydrogens is 262 g/mol. The topological polar surface area (TPSA) is 66.4 Å². The van der Waals surface area contributed by atoms with Crippen molar-refractivity contribution in [3.63, 3.8) is 0 Å². The first-order valence-corrected chi connectivity index (χ1v) is 7.18. The molecule has 1 rings (SSSR count). The number of carboxylic acids is 1. The first-order chi connectivity index (χ1) is 8.75. The highest BCUT2D eigenvalue weighted by atomic mass is 32.1. The van der Waals surface area contributed by atoms with E-state index in [0.29, 0.717) is 6.54 Å². The summed E-state index contributed by atoms with van der Waals surface area (Å²) in [5.41, 5.74) is -0.143. The summed E-state index contributed by atoms with van der Waals surface area (Å²) in [6, 6.07) is 4.03. The van der Waals surface area contributed by atoms with Crippen LogP contribution in [0.15, 0.2) is 17.5 Å². The van der Waals surface area contributed by atoms with Gasteiger partial charge in [0, 0.05) is 22.8 Å². The third-order valence-electron chi connectivity index (χ3n) is 3.45. The van der Waals surface area contributed by atoms with Gasteiger partial charge in [-0.15, -0.1) is 11.3 Å². The molecule has 2 unspecified atom stereocenters. The maximum absolute atomic E-state index is 11.9. The van der Waals surface area contributed by atoms with Gasteiger partial charge in [0.1, 0.15) is 0 Å². The van der Waals surface area contributed by atoms with Crippen LogP contribution in [0.2, 0.25) is 0 Å². The lowest BCUT2D eigenvalue weighted by Crippen LogP contribution is -2.41. The Hall–Kier alpha value is -1.36. The highest BCUT2D eigenvalue weighted by Crippen LogP contribution is 2.26. The summed E-state index contributed by atoms with van der Waals surface area (Å²) in [5.74, 6) is -2.36. The molecule has 106 valence electrons. The quantitative estimate of drug-likeness (QED) is 0.843. The number of thiophene rings is 1. The number of amides is 1. The van der Waals surface area contributed by atoms with Crippen LogP contribution in [0, 0.1) is 11.8 Å². The largest absolute Gasteiger partial charge is 0.481 e. The number of carboxylic acid groups (broad SMARTS) is 1. The van der Waals surface area contributed by atoms with E-state index in [-0.39, 0.29) is 11.3 Å². The minimum atomic E-state index is -0.944. The molecule has 0 saturated heterocycles. The zero-order valence-electron chi connectivity index (χ0n) is 11.8. The molecule has 1 heterocycles. The molecule has 5 heteroatoms. The number of aliphatic carboxylic acids is 1. The number of hydrogen-bond donors (Lipinski definition) is 2. The van der Waals surface area contributed by atoms with Crippen molar-refractivity contribution in [3.05, 3.63) is 22.4 Å². The Kier molecular flexibility index (Phi) is 5.11. The summed E-state index contributed by atoms with van der Waals surface area (Å²) >= 11 is 1.66. The number of hydrogen-bond acceptors (Lipinski definition) is 3. The van der Waals surface area contributed by atoms with Gasteiger partial charge in [-0.2, -0.15) is 0 Å². The van der Waals surface area contributed by atoms with Crippen LogP contribution in [0.5, 0.6) is 0 Å². The SMILES string of the molecule is CC(C(=O)O)C(C)C(=O)NCC(C)(C)c1cccs1. The van der Waals surface area contributed by atoms with Crippen LogP contribution in [0.1, 0.15) is 32.6 Å². The van der Waals surface area contributed by atoms with Gasteiger partial charge in [0.15, 0.2) is 0 Å². The van der Waals surface area contributed by atoms with Gasteiger partial charge in [-0.25, -0.2) is 0 Å². The Morgan fingerprint density at radius 1 is 1.37 bits per heavy atom. The van der Waals surface area contributed by atoms with Crippen molar-refractivity contribution < 1.29 is 14.7 Å². The monoisotopic (exact) mass is 283 g/mol. The van der Waals surface area contributed by atoms with E-state index in [9.17, 15) is 9.59 Å². The molecule has 0 aliphatic rings. The third kappa shape index (κ3) is 4.06. The van der Waals surface area contributed by atoms with E-state index in [2.05, 4.69) is 19.2 Å². The molecule has 1 aromatic heterocycles. The van der Waals surface area contributed by atoms with Crippen LogP contribution < -0.4 is 5.32 Å². The minimum absolute atomic E-state index is 0.143. The molecule has 4 nitrogen and oxygen atoms in total. The fraction of sp³-hybridized carbons (Fsp3) is 0.571. The summed E-state index contributed by atoms with van der Waals surface area (Å²) in [7, 11) is 0. The molecule has 2 atom stereocenters. The van der Waals surface area contributed by atoms with Crippen LogP contribution in [-0.4, -0.2) is 23.5 Å². The minimum Gasteiger partial charge on any atom is -0.481 e. The van der Waals surface area contributed by atoms with Gasteiger partial charge in [0.25, 0.3) is 0 Å². The van der Waals surface area contributed by atoms with Crippen molar-refractivity contribution in [2.24, 2.45) is 11.8 Å². The number of carbonyl (C=O) groups excluding carboxylic acids is 1. The van der Waals surface area contributed by atoms with Crippen molar-refractivity contribution in [2.45, 2.75) is 33.1 Å². The lowest BCUT2D eigenvalue weighted by atomic mass is 9.90. The fourth-order valence-corrected chi connectivity index (χ4v) is 2.51. The number of rotatable bonds is 6. The molecule has 0 radical (unpaired) electrons. The van der Waals surface area contributed by atoms with Crippen molar-refractivity contribution in [2.75, 3.05) is 6.54 Å². The standard InChI is InChI=1S/C14H21NO3S/c1-9(10(2)13(17)18)12(16)15-8-14(3,4)11-6-5-7-19-11/h5-7,9-10H,8H2,1-4H3,(H,15,16)(H,17,18). The summed E-state index contributed by atoms with van der Waals surface area (Å²) in [4.78, 5) is 24.0. The first-order valence-electron chi connectivity index (χ1n) is 6.30. The van der Waals surface area contributed by atoms with Crippen LogP contribution in [0.4, 0.5) is 0 Å². The molecular formula is C14H21NO3S. The summed E-state index contributed by atoms with van der Waals surface area (Å²) in [5, 5.41) is 13.8. The molecule has 2 N–H and O–H groups in total. The highest BCUT2D eigenvalue weighted by molar-refractivity contribution is 7.10. The van der Waals surface area contributed by atoms with Gasteiger partial charge in [-0.3, -0.25) is 9.59 Å². The predicted molar refractivity (Wildman–Crippen MR) is 76.3 cm³/mol. The Labute approximate surface area is 117 Å². The van der Waals surface area contributed by atoms with E-state index < -0.39 is 17.8 Å². The van der Waals surface area contributed by atoms with Gasteiger partial charge < -0.3 is 10.4 Å². The maximum atomic E-state index is 11.9. The van der Waals surface area contributed by atoms with E-state index in [1.54, 1.807) is 25.2 Å². The van der Waals surface area contributed by atoms with Crippen molar-refractivity contribution in [1.29, 1.82) is 0 Å². The third-order valence-corrected chi connectivity index (χ3v) is 4.68. The van der Waals surface area contributed by atoms with Crippen LogP contribution in [-0.2, 0) is 15.0 Å². The second-order valence-electron chi connectivity index (χ2n) is 5.49. The van der Waals surface area contributed by atoms with Gasteiger partial charge in [0.05, 0.1) is 5.92 Å². The average molecular weight is 283 g/mol. The molecule has 0 saturated carbocycles. The second kappa shape index (κ2) is 6.19. The number of carbonyl (C=O) groups is 2. The predicted octanol–water partition coefficient (Wildman–Crippen LogP) is 2.50. The number of nitrogens with one attached hydrogen (secondary N) is 1. The molecule has 0 aliphatic carbocycles. The van der Waals surface area contributed by atoms with Crippen molar-refractivity contribution in [3.8, 4) is 0 Å². The van der Waals surface area contributed by atoms with E-state index in [1.807, 2.05) is 17.5 Å². The van der Waals surface area contributed by atoms with Gasteiger partial charge in [-0.1, -0.05) is 33.8 Å². The molecule has 0 aromatic carbocycles. The molecule has 1 aromatic rings. The normalized spacial score (nSPS) is 14.7. The van der Waals surface area contributed by atoms with Crippen LogP contribution in [0.3, 0.4) is 0 Å². The lowest BCUT2D eigenvalue weighted by Gasteiger charge is -2.25. The smallest absolute Gasteiger partial charge is 0.307 e. The molecule has 0 aliphatic heterocycles. The van der Waals surface area contributed by atoms with Crippen LogP contribution in [0.25, 0.3) is 0 Å². The van der Waals surface area contributed by atoms with E-state index in [4.69, 9.17) is 5.11 Å². The zero-order chi connectivity index (χ0) is 14.6. The molecule has 0 spiro atoms. The first kappa shape index (κ1) is 15.7. The van der Waals surface area contributed by atoms with Gasteiger partial charge in [0.2, 0.25) is 5.91 Å². The zero-order valence-corrected chi connectivity index (χ0v) is 12.6. The summed E-state index contributed by atoms with van der Waals surface area (Å²) in [6.45, 7) is 7.82. The molecule has 19 heavy (non-hydrogen) atoms. The maximum Gasteiger partial charge on any atom is 0.307 e. The van der Waals surface area contributed by atoms with Crippen molar-refractivity contribution in [1.82, 2.24) is 5.32 Å².